The zero-order valence-electron chi connectivity index (χ0n) is 17.0. The first kappa shape index (κ1) is 20.2. The molecule has 4 heteroatoms. The van der Waals surface area contributed by atoms with Gasteiger partial charge in [-0.25, -0.2) is 0 Å². The summed E-state index contributed by atoms with van der Waals surface area (Å²) in [6.07, 6.45) is 6.76. The predicted octanol–water partition coefficient (Wildman–Crippen LogP) is 4.48. The molecular weight excluding hydrogens is 350 g/mol. The molecule has 0 radical (unpaired) electrons. The molecule has 1 aliphatic rings. The van der Waals surface area contributed by atoms with Gasteiger partial charge in [0.25, 0.3) is 5.91 Å². The molecule has 3 rings (SSSR count). The Hall–Kier alpha value is -2.49. The minimum Gasteiger partial charge on any atom is -0.497 e. The standard InChI is InChI=1S/C24H31NO3/c1-3-23(28-22-14-13-19-10-4-5-11-20(19)17-22)24(26)25-15-7-9-18-8-6-12-21(16-18)27-2/h6,8,12-14,16-17,23H,3-5,7,9-11,15H2,1-2H3,(H,25,26)/t23-/m0/s1. The van der Waals surface area contributed by atoms with Crippen molar-refractivity contribution in [1.82, 2.24) is 5.32 Å². The Morgan fingerprint density at radius 2 is 1.89 bits per heavy atom. The van der Waals surface area contributed by atoms with Crippen LogP contribution in [0.25, 0.3) is 0 Å². The fraction of sp³-hybridized carbons (Fsp3) is 0.458. The van der Waals surface area contributed by atoms with Gasteiger partial charge in [0, 0.05) is 6.54 Å². The number of hydrogen-bond acceptors (Lipinski definition) is 3. The molecule has 0 saturated heterocycles. The Kier molecular flexibility index (Phi) is 7.35. The van der Waals surface area contributed by atoms with E-state index in [-0.39, 0.29) is 5.91 Å². The van der Waals surface area contributed by atoms with Gasteiger partial charge >= 0.3 is 0 Å². The van der Waals surface area contributed by atoms with E-state index in [1.165, 1.54) is 29.5 Å². The molecule has 0 saturated carbocycles. The van der Waals surface area contributed by atoms with Crippen LogP contribution in [0.1, 0.15) is 49.3 Å². The van der Waals surface area contributed by atoms with Gasteiger partial charge < -0.3 is 14.8 Å². The summed E-state index contributed by atoms with van der Waals surface area (Å²) in [5.74, 6) is 1.64. The third kappa shape index (κ3) is 5.51. The number of fused-ring (bicyclic) bond motifs is 1. The first-order chi connectivity index (χ1) is 13.7. The van der Waals surface area contributed by atoms with Crippen molar-refractivity contribution in [2.24, 2.45) is 0 Å². The van der Waals surface area contributed by atoms with Gasteiger partial charge in [0.15, 0.2) is 6.10 Å². The summed E-state index contributed by atoms with van der Waals surface area (Å²) in [6.45, 7) is 2.62. The Morgan fingerprint density at radius 3 is 2.68 bits per heavy atom. The second kappa shape index (κ2) is 10.2. The summed E-state index contributed by atoms with van der Waals surface area (Å²) < 4.78 is 11.3. The summed E-state index contributed by atoms with van der Waals surface area (Å²) in [5, 5.41) is 3.02. The number of hydrogen-bond donors (Lipinski definition) is 1. The molecule has 28 heavy (non-hydrogen) atoms. The lowest BCUT2D eigenvalue weighted by molar-refractivity contribution is -0.128. The van der Waals surface area contributed by atoms with Gasteiger partial charge in [-0.3, -0.25) is 4.79 Å². The SMILES string of the molecule is CC[C@H](Oc1ccc2c(c1)CCCC2)C(=O)NCCCc1cccc(OC)c1. The maximum Gasteiger partial charge on any atom is 0.261 e. The molecule has 0 spiro atoms. The zero-order chi connectivity index (χ0) is 19.8. The highest BCUT2D eigenvalue weighted by atomic mass is 16.5. The lowest BCUT2D eigenvalue weighted by atomic mass is 9.92. The van der Waals surface area contributed by atoms with Gasteiger partial charge in [0.05, 0.1) is 7.11 Å². The van der Waals surface area contributed by atoms with E-state index in [0.717, 1.165) is 37.2 Å². The molecule has 0 aliphatic heterocycles. The fourth-order valence-corrected chi connectivity index (χ4v) is 3.72. The van der Waals surface area contributed by atoms with Crippen LogP contribution in [0.2, 0.25) is 0 Å². The summed E-state index contributed by atoms with van der Waals surface area (Å²) in [6, 6.07) is 14.3. The summed E-state index contributed by atoms with van der Waals surface area (Å²) in [7, 11) is 1.67. The lowest BCUT2D eigenvalue weighted by Gasteiger charge is -2.20. The van der Waals surface area contributed by atoms with E-state index in [4.69, 9.17) is 9.47 Å². The van der Waals surface area contributed by atoms with Crippen LogP contribution >= 0.6 is 0 Å². The molecule has 4 nitrogen and oxygen atoms in total. The normalized spacial score (nSPS) is 14.1. The molecule has 0 fully saturated rings. The van der Waals surface area contributed by atoms with Crippen molar-refractivity contribution in [2.45, 2.75) is 58.0 Å². The minimum atomic E-state index is -0.446. The number of methoxy groups -OCH3 is 1. The number of rotatable bonds is 9. The molecule has 1 atom stereocenters. The second-order valence-corrected chi connectivity index (χ2v) is 7.40. The van der Waals surface area contributed by atoms with Crippen molar-refractivity contribution in [3.63, 3.8) is 0 Å². The Balaban J connectivity index is 1.47. The molecule has 1 aliphatic carbocycles. The van der Waals surface area contributed by atoms with Gasteiger partial charge in [-0.05, 0) is 85.9 Å². The van der Waals surface area contributed by atoms with Crippen molar-refractivity contribution in [2.75, 3.05) is 13.7 Å². The van der Waals surface area contributed by atoms with Crippen molar-refractivity contribution < 1.29 is 14.3 Å². The largest absolute Gasteiger partial charge is 0.497 e. The summed E-state index contributed by atoms with van der Waals surface area (Å²) >= 11 is 0. The number of nitrogens with one attached hydrogen (secondary N) is 1. The highest BCUT2D eigenvalue weighted by Gasteiger charge is 2.19. The molecule has 1 N–H and O–H groups in total. The maximum absolute atomic E-state index is 12.5. The van der Waals surface area contributed by atoms with Gasteiger partial charge in [-0.1, -0.05) is 25.1 Å². The van der Waals surface area contributed by atoms with Crippen LogP contribution in [0.5, 0.6) is 11.5 Å². The molecular formula is C24H31NO3. The molecule has 2 aromatic rings. The zero-order valence-corrected chi connectivity index (χ0v) is 17.0. The Bertz CT molecular complexity index is 787. The maximum atomic E-state index is 12.5. The molecule has 0 bridgehead atoms. The van der Waals surface area contributed by atoms with Crippen LogP contribution < -0.4 is 14.8 Å². The van der Waals surface area contributed by atoms with E-state index >= 15 is 0 Å². The monoisotopic (exact) mass is 381 g/mol. The number of carbonyl (C=O) groups excluding carboxylic acids is 1. The molecule has 0 heterocycles. The van der Waals surface area contributed by atoms with Crippen LogP contribution in [0.4, 0.5) is 0 Å². The number of ether oxygens (including phenoxy) is 2. The molecule has 150 valence electrons. The third-order valence-electron chi connectivity index (χ3n) is 5.34. The Labute approximate surface area is 168 Å². The smallest absolute Gasteiger partial charge is 0.261 e. The first-order valence-corrected chi connectivity index (χ1v) is 10.4. The van der Waals surface area contributed by atoms with Gasteiger partial charge in [-0.2, -0.15) is 0 Å². The van der Waals surface area contributed by atoms with Gasteiger partial charge in [0.1, 0.15) is 11.5 Å². The first-order valence-electron chi connectivity index (χ1n) is 10.4. The van der Waals surface area contributed by atoms with Gasteiger partial charge in [0.2, 0.25) is 0 Å². The fourth-order valence-electron chi connectivity index (χ4n) is 3.72. The summed E-state index contributed by atoms with van der Waals surface area (Å²) in [5.41, 5.74) is 4.01. The van der Waals surface area contributed by atoms with Crippen LogP contribution in [0.15, 0.2) is 42.5 Å². The van der Waals surface area contributed by atoms with E-state index in [9.17, 15) is 4.79 Å². The van der Waals surface area contributed by atoms with Crippen molar-refractivity contribution in [1.29, 1.82) is 0 Å². The van der Waals surface area contributed by atoms with E-state index < -0.39 is 6.10 Å². The van der Waals surface area contributed by atoms with Crippen LogP contribution in [0.3, 0.4) is 0 Å². The molecule has 1 amide bonds. The number of carbonyl (C=O) groups is 1. The predicted molar refractivity (Wildman–Crippen MR) is 112 cm³/mol. The van der Waals surface area contributed by atoms with Crippen molar-refractivity contribution in [3.8, 4) is 11.5 Å². The van der Waals surface area contributed by atoms with E-state index in [1.54, 1.807) is 7.11 Å². The van der Waals surface area contributed by atoms with E-state index in [0.29, 0.717) is 13.0 Å². The average Bonchev–Trinajstić information content (AvgIpc) is 2.75. The van der Waals surface area contributed by atoms with Gasteiger partial charge in [-0.15, -0.1) is 0 Å². The lowest BCUT2D eigenvalue weighted by Crippen LogP contribution is -2.38. The van der Waals surface area contributed by atoms with Crippen LogP contribution in [0, 0.1) is 0 Å². The average molecular weight is 382 g/mol. The number of benzene rings is 2. The van der Waals surface area contributed by atoms with Crippen molar-refractivity contribution >= 4 is 5.91 Å². The molecule has 2 aromatic carbocycles. The van der Waals surface area contributed by atoms with Crippen LogP contribution in [-0.2, 0) is 24.1 Å². The minimum absolute atomic E-state index is 0.0362. The number of amides is 1. The summed E-state index contributed by atoms with van der Waals surface area (Å²) in [4.78, 5) is 12.5. The highest BCUT2D eigenvalue weighted by molar-refractivity contribution is 5.81. The quantitative estimate of drug-likeness (QED) is 0.652. The topological polar surface area (TPSA) is 47.6 Å². The second-order valence-electron chi connectivity index (χ2n) is 7.40. The Morgan fingerprint density at radius 1 is 1.07 bits per heavy atom. The molecule has 0 unspecified atom stereocenters. The van der Waals surface area contributed by atoms with Crippen LogP contribution in [-0.4, -0.2) is 25.7 Å². The van der Waals surface area contributed by atoms with E-state index in [1.807, 2.05) is 31.2 Å². The highest BCUT2D eigenvalue weighted by Crippen LogP contribution is 2.26. The van der Waals surface area contributed by atoms with Crippen molar-refractivity contribution in [3.05, 3.63) is 59.2 Å². The molecule has 0 aromatic heterocycles. The number of aryl methyl sites for hydroxylation is 3. The van der Waals surface area contributed by atoms with E-state index in [2.05, 4.69) is 23.5 Å². The third-order valence-corrected chi connectivity index (χ3v) is 5.34.